The van der Waals surface area contributed by atoms with Crippen molar-refractivity contribution in [3.8, 4) is 0 Å². The van der Waals surface area contributed by atoms with E-state index in [1.54, 1.807) is 24.3 Å². The molecule has 16 nitrogen and oxygen atoms in total. The Labute approximate surface area is 364 Å². The number of thiazole rings is 1. The predicted octanol–water partition coefficient (Wildman–Crippen LogP) is 4.22. The summed E-state index contributed by atoms with van der Waals surface area (Å²) in [6.45, 7) is 11.6. The Kier molecular flexibility index (Phi) is 20.3. The van der Waals surface area contributed by atoms with Gasteiger partial charge in [0.05, 0.1) is 26.7 Å². The lowest BCUT2D eigenvalue weighted by Gasteiger charge is -2.38. The van der Waals surface area contributed by atoms with Crippen molar-refractivity contribution in [2.24, 2.45) is 17.8 Å². The molecule has 1 aromatic heterocycles. The molecule has 0 spiro atoms. The smallest absolute Gasteiger partial charge is 0.328 e. The van der Waals surface area contributed by atoms with E-state index < -0.39 is 72.3 Å². The number of amides is 4. The van der Waals surface area contributed by atoms with E-state index in [1.807, 2.05) is 70.0 Å². The molecule has 3 rings (SSSR count). The first-order valence-corrected chi connectivity index (χ1v) is 22.0. The molecule has 61 heavy (non-hydrogen) atoms. The van der Waals surface area contributed by atoms with Crippen LogP contribution in [0.25, 0.3) is 0 Å². The van der Waals surface area contributed by atoms with E-state index in [0.29, 0.717) is 17.8 Å². The maximum Gasteiger partial charge on any atom is 0.328 e. The van der Waals surface area contributed by atoms with E-state index in [2.05, 4.69) is 25.7 Å². The average molecular weight is 871 g/mol. The number of benzene rings is 1. The molecule has 1 fully saturated rings. The molecule has 0 aliphatic carbocycles. The zero-order valence-electron chi connectivity index (χ0n) is 37.4. The molecule has 2 heterocycles. The van der Waals surface area contributed by atoms with Gasteiger partial charge >= 0.3 is 17.9 Å². The second-order valence-corrected chi connectivity index (χ2v) is 17.3. The third-order valence-electron chi connectivity index (χ3n) is 11.4. The summed E-state index contributed by atoms with van der Waals surface area (Å²) in [7, 11) is 5.96. The summed E-state index contributed by atoms with van der Waals surface area (Å²) in [4.78, 5) is 100.0. The molecule has 3 N–H and O–H groups in total. The molecular formula is C44H66N6O10S. The Morgan fingerprint density at radius 2 is 1.64 bits per heavy atom. The lowest BCUT2D eigenvalue weighted by atomic mass is 9.92. The lowest BCUT2D eigenvalue weighted by molar-refractivity contribution is -0.151. The van der Waals surface area contributed by atoms with Gasteiger partial charge in [-0.1, -0.05) is 77.8 Å². The molecule has 17 heteroatoms. The number of nitrogens with zero attached hydrogens (tertiary/aromatic N) is 3. The molecule has 0 bridgehead atoms. The summed E-state index contributed by atoms with van der Waals surface area (Å²) in [6.07, 6.45) is 2.79. The molecule has 0 saturated carbocycles. The van der Waals surface area contributed by atoms with Gasteiger partial charge in [-0.25, -0.2) is 9.78 Å². The SMILES string of the molecule is CCC(C)[C@H](NC(=O)[C@H]1CCCCN1C)C(=O)N(C)[C@H](C[C@@H](OC(C)=O)c1nc(C(=O)N[C@@H](Cc2ccccc2)C[C@H](C)C(=O)N[C@@H](CC(=O)OC)C(=O)OC)cs1)C(C)C. The number of piperidine rings is 1. The molecule has 2 aromatic rings. The fourth-order valence-electron chi connectivity index (χ4n) is 7.54. The highest BCUT2D eigenvalue weighted by Crippen LogP contribution is 2.31. The number of hydrogen-bond acceptors (Lipinski definition) is 13. The van der Waals surface area contributed by atoms with Crippen molar-refractivity contribution in [2.45, 2.75) is 129 Å². The van der Waals surface area contributed by atoms with E-state index in [4.69, 9.17) is 9.47 Å². The van der Waals surface area contributed by atoms with Crippen LogP contribution >= 0.6 is 11.3 Å². The number of hydrogen-bond donors (Lipinski definition) is 3. The zero-order chi connectivity index (χ0) is 45.4. The molecule has 338 valence electrons. The fourth-order valence-corrected chi connectivity index (χ4v) is 8.38. The molecule has 0 radical (unpaired) electrons. The summed E-state index contributed by atoms with van der Waals surface area (Å²) in [5, 5.41) is 10.6. The Balaban J connectivity index is 1.83. The number of likely N-dealkylation sites (tertiary alicyclic amines) is 1. The summed E-state index contributed by atoms with van der Waals surface area (Å²) in [5.41, 5.74) is 0.983. The standard InChI is InChI=1S/C44H66N6O10S/c1-11-27(4)38(48-41(55)34-19-15-16-20-49(34)7)43(56)50(8)35(26(2)3)24-36(60-29(6)51)42-47-33(25-61-42)40(54)45-31(22-30-17-13-12-14-18-30)21-28(5)39(53)46-32(44(57)59-10)23-37(52)58-9/h12-14,17-18,25-28,31-32,34-36,38H,11,15-16,19-24H2,1-10H3,(H,45,54)(H,46,53)(H,48,55)/t27?,28-,31+,32-,34+,35+,36+,38-/m0/s1. The molecule has 1 aliphatic heterocycles. The minimum atomic E-state index is -1.25. The van der Waals surface area contributed by atoms with Crippen molar-refractivity contribution >= 4 is 52.9 Å². The second kappa shape index (κ2) is 24.5. The van der Waals surface area contributed by atoms with E-state index in [0.717, 1.165) is 49.8 Å². The van der Waals surface area contributed by atoms with Crippen LogP contribution in [-0.2, 0) is 49.4 Å². The normalized spacial score (nSPS) is 17.7. The average Bonchev–Trinajstić information content (AvgIpc) is 3.73. The molecule has 1 aromatic carbocycles. The third-order valence-corrected chi connectivity index (χ3v) is 12.3. The topological polar surface area (TPSA) is 203 Å². The van der Waals surface area contributed by atoms with Gasteiger partial charge in [-0.15, -0.1) is 11.3 Å². The van der Waals surface area contributed by atoms with Crippen LogP contribution in [0.2, 0.25) is 0 Å². The van der Waals surface area contributed by atoms with E-state index in [9.17, 15) is 33.6 Å². The van der Waals surface area contributed by atoms with Gasteiger partial charge < -0.3 is 35.1 Å². The van der Waals surface area contributed by atoms with Crippen LogP contribution in [0, 0.1) is 17.8 Å². The first kappa shape index (κ1) is 50.5. The number of carbonyl (C=O) groups excluding carboxylic acids is 7. The molecule has 1 saturated heterocycles. The van der Waals surface area contributed by atoms with Crippen molar-refractivity contribution < 1.29 is 47.8 Å². The minimum absolute atomic E-state index is 0.0777. The maximum atomic E-state index is 14.3. The Morgan fingerprint density at radius 3 is 2.23 bits per heavy atom. The Morgan fingerprint density at radius 1 is 0.951 bits per heavy atom. The number of carbonyl (C=O) groups is 7. The minimum Gasteiger partial charge on any atom is -0.469 e. The van der Waals surface area contributed by atoms with Crippen molar-refractivity contribution in [3.63, 3.8) is 0 Å². The van der Waals surface area contributed by atoms with Crippen molar-refractivity contribution in [1.82, 2.24) is 30.7 Å². The number of ether oxygens (including phenoxy) is 3. The second-order valence-electron chi connectivity index (χ2n) is 16.4. The monoisotopic (exact) mass is 870 g/mol. The molecule has 1 aliphatic rings. The van der Waals surface area contributed by atoms with Crippen LogP contribution in [0.1, 0.15) is 114 Å². The number of esters is 3. The number of methoxy groups -OCH3 is 2. The summed E-state index contributed by atoms with van der Waals surface area (Å²) < 4.78 is 15.2. The number of aromatic nitrogens is 1. The van der Waals surface area contributed by atoms with Gasteiger partial charge in [-0.2, -0.15) is 0 Å². The van der Waals surface area contributed by atoms with Crippen LogP contribution in [0.5, 0.6) is 0 Å². The molecule has 8 atom stereocenters. The van der Waals surface area contributed by atoms with Crippen molar-refractivity contribution in [2.75, 3.05) is 34.9 Å². The highest BCUT2D eigenvalue weighted by atomic mass is 32.1. The quantitative estimate of drug-likeness (QED) is 0.113. The predicted molar refractivity (Wildman–Crippen MR) is 230 cm³/mol. The molecule has 4 amide bonds. The lowest BCUT2D eigenvalue weighted by Crippen LogP contribution is -2.58. The largest absolute Gasteiger partial charge is 0.469 e. The first-order valence-electron chi connectivity index (χ1n) is 21.1. The Hall–Kier alpha value is -4.90. The summed E-state index contributed by atoms with van der Waals surface area (Å²) in [6, 6.07) is 6.10. The van der Waals surface area contributed by atoms with Gasteiger partial charge in [0.2, 0.25) is 17.7 Å². The van der Waals surface area contributed by atoms with Crippen molar-refractivity contribution in [1.29, 1.82) is 0 Å². The zero-order valence-corrected chi connectivity index (χ0v) is 38.2. The summed E-state index contributed by atoms with van der Waals surface area (Å²) in [5.74, 6) is -4.44. The number of likely N-dealkylation sites (N-methyl/N-ethyl adjacent to an activating group) is 2. The van der Waals surface area contributed by atoms with Gasteiger partial charge in [0, 0.05) is 43.8 Å². The molecule has 1 unspecified atom stereocenters. The fraction of sp³-hybridized carbons (Fsp3) is 0.636. The third kappa shape index (κ3) is 15.2. The Bertz CT molecular complexity index is 1790. The van der Waals surface area contributed by atoms with Gasteiger partial charge in [-0.3, -0.25) is 33.7 Å². The van der Waals surface area contributed by atoms with Gasteiger partial charge in [0.1, 0.15) is 22.8 Å². The number of nitrogens with one attached hydrogen (secondary N) is 3. The first-order chi connectivity index (χ1) is 28.9. The summed E-state index contributed by atoms with van der Waals surface area (Å²) >= 11 is 1.15. The van der Waals surface area contributed by atoms with Crippen LogP contribution in [-0.4, -0.2) is 121 Å². The van der Waals surface area contributed by atoms with Gasteiger partial charge in [0.25, 0.3) is 5.91 Å². The highest BCUT2D eigenvalue weighted by molar-refractivity contribution is 7.09. The van der Waals surface area contributed by atoms with Gasteiger partial charge in [0.15, 0.2) is 6.10 Å². The van der Waals surface area contributed by atoms with Crippen LogP contribution in [0.15, 0.2) is 35.7 Å². The van der Waals surface area contributed by atoms with Gasteiger partial charge in [-0.05, 0) is 56.7 Å². The van der Waals surface area contributed by atoms with Crippen LogP contribution in [0.4, 0.5) is 0 Å². The van der Waals surface area contributed by atoms with E-state index in [-0.39, 0.29) is 48.2 Å². The molecular weight excluding hydrogens is 805 g/mol. The van der Waals surface area contributed by atoms with E-state index >= 15 is 0 Å². The van der Waals surface area contributed by atoms with Crippen molar-refractivity contribution in [3.05, 3.63) is 52.0 Å². The number of rotatable bonds is 22. The van der Waals surface area contributed by atoms with E-state index in [1.165, 1.54) is 14.0 Å². The van der Waals surface area contributed by atoms with Crippen LogP contribution < -0.4 is 16.0 Å². The maximum absolute atomic E-state index is 14.3. The van der Waals surface area contributed by atoms with Crippen LogP contribution in [0.3, 0.4) is 0 Å². The highest BCUT2D eigenvalue weighted by Gasteiger charge is 2.37.